The van der Waals surface area contributed by atoms with E-state index < -0.39 is 12.6 Å². The van der Waals surface area contributed by atoms with Gasteiger partial charge in [-0.1, -0.05) is 41.4 Å². The summed E-state index contributed by atoms with van der Waals surface area (Å²) in [7, 11) is 0. The molecule has 3 rings (SSSR count). The quantitative estimate of drug-likeness (QED) is 0.610. The summed E-state index contributed by atoms with van der Waals surface area (Å²) in [6.45, 7) is 0.0730. The first kappa shape index (κ1) is 17.6. The van der Waals surface area contributed by atoms with Gasteiger partial charge >= 0.3 is 6.18 Å². The first-order valence-corrected chi connectivity index (χ1v) is 7.93. The number of benzene rings is 2. The predicted molar refractivity (Wildman–Crippen MR) is 89.8 cm³/mol. The minimum atomic E-state index is -4.42. The van der Waals surface area contributed by atoms with Gasteiger partial charge in [-0.05, 0) is 23.8 Å². The van der Waals surface area contributed by atoms with Crippen LogP contribution in [0.4, 0.5) is 13.2 Å². The second kappa shape index (κ2) is 6.58. The number of nitriles is 1. The zero-order valence-corrected chi connectivity index (χ0v) is 14.1. The molecule has 25 heavy (non-hydrogen) atoms. The number of aromatic nitrogens is 2. The Morgan fingerprint density at radius 3 is 2.48 bits per heavy atom. The lowest BCUT2D eigenvalue weighted by molar-refractivity contribution is -0.128. The van der Waals surface area contributed by atoms with Crippen LogP contribution in [-0.2, 0) is 13.0 Å². The van der Waals surface area contributed by atoms with Crippen molar-refractivity contribution in [2.75, 3.05) is 0 Å². The SMILES string of the molecule is N#Cc1ccccc1Cn1c(CC(F)(F)F)nc2cc(Cl)c(Cl)cc21. The minimum Gasteiger partial charge on any atom is -0.323 e. The molecule has 128 valence electrons. The summed E-state index contributed by atoms with van der Waals surface area (Å²) < 4.78 is 40.2. The van der Waals surface area contributed by atoms with Gasteiger partial charge in [-0.3, -0.25) is 0 Å². The third-order valence-corrected chi connectivity index (χ3v) is 4.42. The second-order valence-electron chi connectivity index (χ2n) is 5.43. The highest BCUT2D eigenvalue weighted by Gasteiger charge is 2.31. The van der Waals surface area contributed by atoms with E-state index >= 15 is 0 Å². The van der Waals surface area contributed by atoms with E-state index in [4.69, 9.17) is 23.2 Å². The third kappa shape index (κ3) is 3.73. The maximum Gasteiger partial charge on any atom is 0.396 e. The van der Waals surface area contributed by atoms with E-state index in [1.54, 1.807) is 24.3 Å². The van der Waals surface area contributed by atoms with Gasteiger partial charge in [0.15, 0.2) is 0 Å². The Hall–Kier alpha value is -2.23. The molecule has 0 radical (unpaired) electrons. The Balaban J connectivity index is 2.18. The predicted octanol–water partition coefficient (Wildman–Crippen LogP) is 5.37. The molecule has 0 aliphatic heterocycles. The van der Waals surface area contributed by atoms with Gasteiger partial charge in [0.25, 0.3) is 0 Å². The summed E-state index contributed by atoms with van der Waals surface area (Å²) in [5.41, 5.74) is 1.74. The van der Waals surface area contributed by atoms with Crippen LogP contribution in [0.5, 0.6) is 0 Å². The number of halogens is 5. The molecule has 3 aromatic rings. The fraction of sp³-hybridized carbons (Fsp3) is 0.176. The highest BCUT2D eigenvalue weighted by atomic mass is 35.5. The molecule has 8 heteroatoms. The monoisotopic (exact) mass is 383 g/mol. The Bertz CT molecular complexity index is 987. The van der Waals surface area contributed by atoms with E-state index in [0.29, 0.717) is 22.2 Å². The van der Waals surface area contributed by atoms with E-state index in [1.807, 2.05) is 6.07 Å². The van der Waals surface area contributed by atoms with E-state index in [-0.39, 0.29) is 22.4 Å². The number of imidazole rings is 1. The van der Waals surface area contributed by atoms with Crippen LogP contribution in [0, 0.1) is 11.3 Å². The molecule has 1 aromatic heterocycles. The lowest BCUT2D eigenvalue weighted by Gasteiger charge is -2.12. The van der Waals surface area contributed by atoms with Crippen molar-refractivity contribution >= 4 is 34.2 Å². The molecule has 0 aliphatic carbocycles. The molecule has 0 bridgehead atoms. The Labute approximate surface area is 151 Å². The van der Waals surface area contributed by atoms with E-state index in [0.717, 1.165) is 0 Å². The maximum absolute atomic E-state index is 12.9. The van der Waals surface area contributed by atoms with E-state index in [9.17, 15) is 18.4 Å². The highest BCUT2D eigenvalue weighted by molar-refractivity contribution is 6.42. The molecular formula is C17H10Cl2F3N3. The van der Waals surface area contributed by atoms with Crippen LogP contribution in [0.2, 0.25) is 10.0 Å². The average molecular weight is 384 g/mol. The zero-order valence-electron chi connectivity index (χ0n) is 12.6. The summed E-state index contributed by atoms with van der Waals surface area (Å²) in [6.07, 6.45) is -5.60. The molecule has 0 fully saturated rings. The van der Waals surface area contributed by atoms with Crippen LogP contribution in [-0.4, -0.2) is 15.7 Å². The molecule has 0 atom stereocenters. The number of fused-ring (bicyclic) bond motifs is 1. The summed E-state index contributed by atoms with van der Waals surface area (Å²) in [6, 6.07) is 11.7. The van der Waals surface area contributed by atoms with Gasteiger partial charge in [-0.25, -0.2) is 4.98 Å². The van der Waals surface area contributed by atoms with Crippen molar-refractivity contribution in [3.05, 3.63) is 63.4 Å². The van der Waals surface area contributed by atoms with Crippen LogP contribution < -0.4 is 0 Å². The van der Waals surface area contributed by atoms with Gasteiger partial charge < -0.3 is 4.57 Å². The number of hydrogen-bond donors (Lipinski definition) is 0. The summed E-state index contributed by atoms with van der Waals surface area (Å²) in [5.74, 6) is -0.159. The summed E-state index contributed by atoms with van der Waals surface area (Å²) in [5, 5.41) is 9.65. The molecule has 0 N–H and O–H groups in total. The topological polar surface area (TPSA) is 41.6 Å². The van der Waals surface area contributed by atoms with Crippen LogP contribution >= 0.6 is 23.2 Å². The number of nitrogens with zero attached hydrogens (tertiary/aromatic N) is 3. The van der Waals surface area contributed by atoms with E-state index in [1.165, 1.54) is 16.7 Å². The molecule has 3 nitrogen and oxygen atoms in total. The second-order valence-corrected chi connectivity index (χ2v) is 6.24. The molecule has 0 spiro atoms. The normalized spacial score (nSPS) is 11.7. The van der Waals surface area contributed by atoms with Crippen molar-refractivity contribution in [1.82, 2.24) is 9.55 Å². The van der Waals surface area contributed by atoms with Crippen molar-refractivity contribution in [1.29, 1.82) is 5.26 Å². The fourth-order valence-electron chi connectivity index (χ4n) is 2.60. The summed E-state index contributed by atoms with van der Waals surface area (Å²) >= 11 is 12.0. The van der Waals surface area contributed by atoms with Crippen molar-refractivity contribution in [3.63, 3.8) is 0 Å². The lowest BCUT2D eigenvalue weighted by atomic mass is 10.1. The highest BCUT2D eigenvalue weighted by Crippen LogP contribution is 2.31. The van der Waals surface area contributed by atoms with Crippen LogP contribution in [0.25, 0.3) is 11.0 Å². The third-order valence-electron chi connectivity index (χ3n) is 3.69. The van der Waals surface area contributed by atoms with Crippen molar-refractivity contribution in [3.8, 4) is 6.07 Å². The first-order chi connectivity index (χ1) is 11.8. The van der Waals surface area contributed by atoms with Gasteiger partial charge in [0.2, 0.25) is 0 Å². The number of rotatable bonds is 3. The van der Waals surface area contributed by atoms with Gasteiger partial charge in [0.1, 0.15) is 12.2 Å². The van der Waals surface area contributed by atoms with Crippen LogP contribution in [0.1, 0.15) is 17.0 Å². The zero-order chi connectivity index (χ0) is 18.2. The Morgan fingerprint density at radius 1 is 1.12 bits per heavy atom. The molecular weight excluding hydrogens is 374 g/mol. The van der Waals surface area contributed by atoms with Gasteiger partial charge in [-0.15, -0.1) is 0 Å². The van der Waals surface area contributed by atoms with Crippen LogP contribution in [0.15, 0.2) is 36.4 Å². The van der Waals surface area contributed by atoms with Gasteiger partial charge in [-0.2, -0.15) is 18.4 Å². The van der Waals surface area contributed by atoms with Crippen molar-refractivity contribution in [2.45, 2.75) is 19.1 Å². The van der Waals surface area contributed by atoms with Crippen molar-refractivity contribution < 1.29 is 13.2 Å². The number of hydrogen-bond acceptors (Lipinski definition) is 2. The largest absolute Gasteiger partial charge is 0.396 e. The Kier molecular flexibility index (Phi) is 4.63. The Morgan fingerprint density at radius 2 is 1.80 bits per heavy atom. The first-order valence-electron chi connectivity index (χ1n) is 7.17. The maximum atomic E-state index is 12.9. The number of alkyl halides is 3. The van der Waals surface area contributed by atoms with Gasteiger partial charge in [0.05, 0.1) is 39.3 Å². The molecule has 0 aliphatic rings. The molecule has 0 amide bonds. The molecule has 0 saturated heterocycles. The van der Waals surface area contributed by atoms with E-state index in [2.05, 4.69) is 4.98 Å². The standard InChI is InChI=1S/C17H10Cl2F3N3/c18-12-5-14-15(6-13(12)19)25(16(24-14)7-17(20,21)22)9-11-4-2-1-3-10(11)8-23/h1-6H,7,9H2. The summed E-state index contributed by atoms with van der Waals surface area (Å²) in [4.78, 5) is 4.07. The molecule has 0 unspecified atom stereocenters. The van der Waals surface area contributed by atoms with Gasteiger partial charge in [0, 0.05) is 0 Å². The smallest absolute Gasteiger partial charge is 0.323 e. The van der Waals surface area contributed by atoms with Crippen LogP contribution in [0.3, 0.4) is 0 Å². The molecule has 0 saturated carbocycles. The average Bonchev–Trinajstić information content (AvgIpc) is 2.83. The minimum absolute atomic E-state index is 0.0730. The molecule has 1 heterocycles. The lowest BCUT2D eigenvalue weighted by Crippen LogP contribution is -2.17. The fourth-order valence-corrected chi connectivity index (χ4v) is 2.91. The molecule has 2 aromatic carbocycles. The van der Waals surface area contributed by atoms with Crippen molar-refractivity contribution in [2.24, 2.45) is 0 Å².